The molecule has 0 aromatic carbocycles. The second-order valence-electron chi connectivity index (χ2n) is 7.19. The number of carboxylic acids is 1. The summed E-state index contributed by atoms with van der Waals surface area (Å²) < 4.78 is 0. The molecule has 1 saturated heterocycles. The van der Waals surface area contributed by atoms with Crippen molar-refractivity contribution >= 4 is 5.97 Å². The number of hydrogen-bond acceptors (Lipinski definition) is 2. The number of carbonyl (C=O) groups is 1. The lowest BCUT2D eigenvalue weighted by Crippen LogP contribution is -2.58. The van der Waals surface area contributed by atoms with E-state index in [1.54, 1.807) is 0 Å². The van der Waals surface area contributed by atoms with Gasteiger partial charge in [0.25, 0.3) is 0 Å². The van der Waals surface area contributed by atoms with Crippen LogP contribution < -0.4 is 0 Å². The Morgan fingerprint density at radius 3 is 2.62 bits per heavy atom. The lowest BCUT2D eigenvalue weighted by atomic mass is 9.75. The van der Waals surface area contributed by atoms with E-state index in [0.29, 0.717) is 12.1 Å². The Balaban J connectivity index is 1.99. The second kappa shape index (κ2) is 8.17. The molecule has 21 heavy (non-hydrogen) atoms. The molecule has 122 valence electrons. The van der Waals surface area contributed by atoms with Crippen LogP contribution in [0.25, 0.3) is 0 Å². The Bertz CT molecular complexity index is 331. The molecule has 1 aliphatic carbocycles. The van der Waals surface area contributed by atoms with Crippen LogP contribution in [0.5, 0.6) is 0 Å². The Hall–Kier alpha value is -0.570. The summed E-state index contributed by atoms with van der Waals surface area (Å²) in [6.45, 7) is 4.50. The zero-order chi connectivity index (χ0) is 15.2. The van der Waals surface area contributed by atoms with Crippen molar-refractivity contribution in [3.63, 3.8) is 0 Å². The summed E-state index contributed by atoms with van der Waals surface area (Å²) in [6, 6.07) is 0.731. The molecule has 0 radical (unpaired) electrons. The van der Waals surface area contributed by atoms with Crippen LogP contribution in [0, 0.1) is 5.92 Å². The van der Waals surface area contributed by atoms with E-state index in [2.05, 4.69) is 18.7 Å². The van der Waals surface area contributed by atoms with E-state index in [4.69, 9.17) is 0 Å². The molecule has 3 heteroatoms. The molecule has 0 aromatic rings. The molecule has 1 saturated carbocycles. The lowest BCUT2D eigenvalue weighted by Gasteiger charge is -2.50. The van der Waals surface area contributed by atoms with Gasteiger partial charge in [-0.1, -0.05) is 45.4 Å². The molecular weight excluding hydrogens is 262 g/mol. The second-order valence-corrected chi connectivity index (χ2v) is 7.19. The molecule has 1 N–H and O–H groups in total. The Morgan fingerprint density at radius 2 is 1.90 bits per heavy atom. The van der Waals surface area contributed by atoms with Gasteiger partial charge in [-0.15, -0.1) is 0 Å². The molecule has 0 spiro atoms. The zero-order valence-corrected chi connectivity index (χ0v) is 13.9. The van der Waals surface area contributed by atoms with Gasteiger partial charge in [0.05, 0.1) is 0 Å². The summed E-state index contributed by atoms with van der Waals surface area (Å²) in [4.78, 5) is 14.1. The van der Waals surface area contributed by atoms with Crippen molar-refractivity contribution in [1.29, 1.82) is 0 Å². The highest BCUT2D eigenvalue weighted by Crippen LogP contribution is 2.39. The van der Waals surface area contributed by atoms with Gasteiger partial charge in [-0.2, -0.15) is 0 Å². The number of unbranched alkanes of at least 4 members (excludes halogenated alkanes) is 3. The third-order valence-corrected chi connectivity index (χ3v) is 5.69. The van der Waals surface area contributed by atoms with Crippen LogP contribution in [0.15, 0.2) is 0 Å². The minimum atomic E-state index is -0.598. The van der Waals surface area contributed by atoms with Crippen LogP contribution in [0.1, 0.15) is 84.5 Å². The molecule has 1 aliphatic heterocycles. The molecule has 0 amide bonds. The fourth-order valence-electron chi connectivity index (χ4n) is 4.57. The number of piperidine rings is 1. The molecule has 3 nitrogen and oxygen atoms in total. The zero-order valence-electron chi connectivity index (χ0n) is 13.9. The smallest absolute Gasteiger partial charge is 0.320 e. The van der Waals surface area contributed by atoms with E-state index < -0.39 is 5.97 Å². The maximum Gasteiger partial charge on any atom is 0.320 e. The number of hydrogen-bond donors (Lipinski definition) is 1. The van der Waals surface area contributed by atoms with E-state index in [1.165, 1.54) is 51.4 Å². The van der Waals surface area contributed by atoms with Crippen molar-refractivity contribution in [1.82, 2.24) is 4.90 Å². The van der Waals surface area contributed by atoms with Crippen LogP contribution in [0.3, 0.4) is 0 Å². The van der Waals surface area contributed by atoms with Gasteiger partial charge in [0.15, 0.2) is 0 Å². The van der Waals surface area contributed by atoms with Crippen molar-refractivity contribution < 1.29 is 9.90 Å². The highest BCUT2D eigenvalue weighted by Gasteiger charge is 2.42. The summed E-state index contributed by atoms with van der Waals surface area (Å²) in [5, 5.41) is 9.62. The minimum Gasteiger partial charge on any atom is -0.480 e. The molecule has 0 aromatic heterocycles. The van der Waals surface area contributed by atoms with E-state index in [0.717, 1.165) is 25.2 Å². The molecule has 2 aliphatic rings. The number of rotatable bonds is 7. The normalized spacial score (nSPS) is 31.6. The van der Waals surface area contributed by atoms with Crippen LogP contribution in [0.2, 0.25) is 0 Å². The first-order chi connectivity index (χ1) is 10.1. The van der Waals surface area contributed by atoms with Crippen molar-refractivity contribution in [3.8, 4) is 0 Å². The van der Waals surface area contributed by atoms with Crippen molar-refractivity contribution in [2.24, 2.45) is 5.92 Å². The summed E-state index contributed by atoms with van der Waals surface area (Å²) in [6.07, 6.45) is 13.4. The maximum absolute atomic E-state index is 11.7. The van der Waals surface area contributed by atoms with Crippen LogP contribution in [-0.2, 0) is 4.79 Å². The summed E-state index contributed by atoms with van der Waals surface area (Å²) in [5.41, 5.74) is 0. The number of likely N-dealkylation sites (tertiary alicyclic amines) is 1. The van der Waals surface area contributed by atoms with Crippen LogP contribution in [-0.4, -0.2) is 34.1 Å². The van der Waals surface area contributed by atoms with Crippen molar-refractivity contribution in [3.05, 3.63) is 0 Å². The van der Waals surface area contributed by atoms with E-state index in [9.17, 15) is 9.90 Å². The highest BCUT2D eigenvalue weighted by molar-refractivity contribution is 5.73. The fourth-order valence-corrected chi connectivity index (χ4v) is 4.57. The summed E-state index contributed by atoms with van der Waals surface area (Å²) >= 11 is 0. The number of nitrogens with zero attached hydrogens (tertiary/aromatic N) is 1. The Morgan fingerprint density at radius 1 is 1.14 bits per heavy atom. The lowest BCUT2D eigenvalue weighted by molar-refractivity contribution is -0.150. The molecular formula is C18H33NO2. The quantitative estimate of drug-likeness (QED) is 0.705. The van der Waals surface area contributed by atoms with Gasteiger partial charge >= 0.3 is 5.97 Å². The van der Waals surface area contributed by atoms with Gasteiger partial charge in [0.1, 0.15) is 6.04 Å². The predicted molar refractivity (Wildman–Crippen MR) is 86.5 cm³/mol. The Labute approximate surface area is 130 Å². The number of carboxylic acid groups (broad SMARTS) is 1. The van der Waals surface area contributed by atoms with Crippen LogP contribution >= 0.6 is 0 Å². The predicted octanol–water partition coefficient (Wildman–Crippen LogP) is 4.45. The SMILES string of the molecule is CCCCCCC(C)N1C(C(=O)O)CCC2CCCCC21. The highest BCUT2D eigenvalue weighted by atomic mass is 16.4. The fraction of sp³-hybridized carbons (Fsp3) is 0.944. The molecule has 0 bridgehead atoms. The number of fused-ring (bicyclic) bond motifs is 1. The summed E-state index contributed by atoms with van der Waals surface area (Å²) in [5.74, 6) is 0.159. The van der Waals surface area contributed by atoms with Gasteiger partial charge < -0.3 is 5.11 Å². The van der Waals surface area contributed by atoms with Crippen molar-refractivity contribution in [2.45, 2.75) is 103 Å². The molecule has 2 fully saturated rings. The average molecular weight is 295 g/mol. The van der Waals surface area contributed by atoms with Gasteiger partial charge in [-0.3, -0.25) is 9.69 Å². The van der Waals surface area contributed by atoms with E-state index in [1.807, 2.05) is 0 Å². The standard InChI is InChI=1S/C18H33NO2/c1-3-4-5-6-9-14(2)19-16-11-8-7-10-15(16)12-13-17(19)18(20)21/h14-17H,3-13H2,1-2H3,(H,20,21). The van der Waals surface area contributed by atoms with E-state index in [-0.39, 0.29) is 6.04 Å². The average Bonchev–Trinajstić information content (AvgIpc) is 2.50. The third kappa shape index (κ3) is 4.21. The largest absolute Gasteiger partial charge is 0.480 e. The first-order valence-electron chi connectivity index (χ1n) is 9.15. The molecule has 4 atom stereocenters. The minimum absolute atomic E-state index is 0.231. The Kier molecular flexibility index (Phi) is 6.53. The topological polar surface area (TPSA) is 40.5 Å². The maximum atomic E-state index is 11.7. The molecule has 2 rings (SSSR count). The van der Waals surface area contributed by atoms with Gasteiger partial charge in [0, 0.05) is 12.1 Å². The third-order valence-electron chi connectivity index (χ3n) is 5.69. The van der Waals surface area contributed by atoms with Crippen LogP contribution in [0.4, 0.5) is 0 Å². The first kappa shape index (κ1) is 16.8. The first-order valence-corrected chi connectivity index (χ1v) is 9.15. The van der Waals surface area contributed by atoms with E-state index >= 15 is 0 Å². The van der Waals surface area contributed by atoms with Gasteiger partial charge in [-0.25, -0.2) is 0 Å². The van der Waals surface area contributed by atoms with Crippen molar-refractivity contribution in [2.75, 3.05) is 0 Å². The molecule has 4 unspecified atom stereocenters. The monoisotopic (exact) mass is 295 g/mol. The summed E-state index contributed by atoms with van der Waals surface area (Å²) in [7, 11) is 0. The molecule has 1 heterocycles. The number of aliphatic carboxylic acids is 1. The van der Waals surface area contributed by atoms with Gasteiger partial charge in [0.2, 0.25) is 0 Å². The van der Waals surface area contributed by atoms with Gasteiger partial charge in [-0.05, 0) is 44.9 Å².